The van der Waals surface area contributed by atoms with Gasteiger partial charge in [0.25, 0.3) is 5.91 Å². The second-order valence-electron chi connectivity index (χ2n) is 5.55. The molecule has 2 rings (SSSR count). The van der Waals surface area contributed by atoms with Crippen molar-refractivity contribution in [3.05, 3.63) is 41.0 Å². The van der Waals surface area contributed by atoms with E-state index in [1.807, 2.05) is 0 Å². The summed E-state index contributed by atoms with van der Waals surface area (Å²) in [7, 11) is 3.15. The summed E-state index contributed by atoms with van der Waals surface area (Å²) in [4.78, 5) is 24.3. The smallest absolute Gasteiger partial charge is 0.341 e. The molecule has 0 spiro atoms. The maximum atomic E-state index is 13.9. The Morgan fingerprint density at radius 1 is 1.32 bits per heavy atom. The highest BCUT2D eigenvalue weighted by atomic mass is 19.1. The molecular formula is C17H20FN3O4. The molecule has 0 unspecified atom stereocenters. The molecule has 1 atom stereocenters. The van der Waals surface area contributed by atoms with Gasteiger partial charge in [0, 0.05) is 13.1 Å². The molecule has 0 aliphatic carbocycles. The molecule has 0 bridgehead atoms. The Bertz CT molecular complexity index is 816. The van der Waals surface area contributed by atoms with Gasteiger partial charge >= 0.3 is 5.97 Å². The van der Waals surface area contributed by atoms with Gasteiger partial charge in [0.15, 0.2) is 6.10 Å². The third-order valence-corrected chi connectivity index (χ3v) is 3.81. The number of aromatic nitrogens is 2. The zero-order chi connectivity index (χ0) is 18.7. The normalized spacial score (nSPS) is 11.8. The van der Waals surface area contributed by atoms with Gasteiger partial charge < -0.3 is 14.8 Å². The van der Waals surface area contributed by atoms with Gasteiger partial charge in [-0.1, -0.05) is 0 Å². The number of amides is 1. The highest BCUT2D eigenvalue weighted by molar-refractivity contribution is 5.98. The second-order valence-corrected chi connectivity index (χ2v) is 5.55. The summed E-state index contributed by atoms with van der Waals surface area (Å²) in [5, 5.41) is 6.87. The minimum absolute atomic E-state index is 0.269. The Morgan fingerprint density at radius 2 is 2.00 bits per heavy atom. The fourth-order valence-electron chi connectivity index (χ4n) is 2.25. The van der Waals surface area contributed by atoms with E-state index in [0.29, 0.717) is 11.4 Å². The maximum absolute atomic E-state index is 13.9. The van der Waals surface area contributed by atoms with E-state index in [9.17, 15) is 14.0 Å². The third-order valence-electron chi connectivity index (χ3n) is 3.81. The van der Waals surface area contributed by atoms with Crippen LogP contribution in [-0.2, 0) is 16.6 Å². The molecule has 1 aromatic carbocycles. The van der Waals surface area contributed by atoms with Crippen LogP contribution in [0.3, 0.4) is 0 Å². The first-order valence-electron chi connectivity index (χ1n) is 7.60. The van der Waals surface area contributed by atoms with Crippen molar-refractivity contribution in [2.45, 2.75) is 26.9 Å². The number of halogens is 1. The monoisotopic (exact) mass is 349 g/mol. The van der Waals surface area contributed by atoms with E-state index in [0.717, 1.165) is 11.8 Å². The third kappa shape index (κ3) is 3.96. The topological polar surface area (TPSA) is 82.4 Å². The molecule has 134 valence electrons. The maximum Gasteiger partial charge on any atom is 0.341 e. The van der Waals surface area contributed by atoms with Crippen LogP contribution < -0.4 is 10.1 Å². The van der Waals surface area contributed by atoms with E-state index in [1.54, 1.807) is 25.6 Å². The number of esters is 1. The average molecular weight is 349 g/mol. The molecule has 8 heteroatoms. The van der Waals surface area contributed by atoms with Crippen molar-refractivity contribution in [3.63, 3.8) is 0 Å². The number of rotatable bonds is 5. The highest BCUT2D eigenvalue weighted by Gasteiger charge is 2.23. The summed E-state index contributed by atoms with van der Waals surface area (Å²) >= 11 is 0. The lowest BCUT2D eigenvalue weighted by molar-refractivity contribution is -0.123. The number of nitrogens with zero attached hydrogens (tertiary/aromatic N) is 2. The number of anilines is 1. The van der Waals surface area contributed by atoms with Gasteiger partial charge in [-0.15, -0.1) is 0 Å². The van der Waals surface area contributed by atoms with Crippen molar-refractivity contribution in [2.24, 2.45) is 7.05 Å². The Morgan fingerprint density at radius 3 is 2.52 bits per heavy atom. The Labute approximate surface area is 144 Å². The summed E-state index contributed by atoms with van der Waals surface area (Å²) in [5.74, 6) is -1.96. The molecule has 0 saturated carbocycles. The number of carbonyl (C=O) groups is 2. The molecule has 7 nitrogen and oxygen atoms in total. The lowest BCUT2D eigenvalue weighted by atomic mass is 10.2. The summed E-state index contributed by atoms with van der Waals surface area (Å²) in [6.45, 7) is 4.97. The molecule has 0 aliphatic rings. The van der Waals surface area contributed by atoms with Crippen LogP contribution in [-0.4, -0.2) is 34.9 Å². The second kappa shape index (κ2) is 7.33. The number of methoxy groups -OCH3 is 1. The van der Waals surface area contributed by atoms with E-state index in [1.165, 1.54) is 26.2 Å². The van der Waals surface area contributed by atoms with Crippen LogP contribution in [0, 0.1) is 19.7 Å². The SMILES string of the molecule is COc1ccc(C(=O)O[C@H](C)C(=O)Nc2c(C)nn(C)c2C)c(F)c1. The molecule has 0 saturated heterocycles. The summed E-state index contributed by atoms with van der Waals surface area (Å²) in [5.41, 5.74) is 1.71. The van der Waals surface area contributed by atoms with Gasteiger partial charge in [-0.05, 0) is 32.9 Å². The summed E-state index contributed by atoms with van der Waals surface area (Å²) in [6.07, 6.45) is -1.10. The van der Waals surface area contributed by atoms with Crippen LogP contribution in [0.4, 0.5) is 10.1 Å². The van der Waals surface area contributed by atoms with Gasteiger partial charge in [0.05, 0.1) is 29.7 Å². The molecule has 1 heterocycles. The van der Waals surface area contributed by atoms with Crippen LogP contribution >= 0.6 is 0 Å². The van der Waals surface area contributed by atoms with Crippen LogP contribution in [0.1, 0.15) is 28.7 Å². The van der Waals surface area contributed by atoms with Crippen molar-refractivity contribution in [1.29, 1.82) is 0 Å². The van der Waals surface area contributed by atoms with Crippen LogP contribution in [0.15, 0.2) is 18.2 Å². The molecule has 0 radical (unpaired) electrons. The number of aryl methyl sites for hydroxylation is 2. The fraction of sp³-hybridized carbons (Fsp3) is 0.353. The molecule has 0 aliphatic heterocycles. The Kier molecular flexibility index (Phi) is 5.41. The zero-order valence-electron chi connectivity index (χ0n) is 14.7. The van der Waals surface area contributed by atoms with Gasteiger partial charge in [0.2, 0.25) is 0 Å². The molecule has 1 N–H and O–H groups in total. The molecule has 1 amide bonds. The van der Waals surface area contributed by atoms with Crippen molar-refractivity contribution in [1.82, 2.24) is 9.78 Å². The van der Waals surface area contributed by atoms with E-state index < -0.39 is 23.8 Å². The predicted octanol–water partition coefficient (Wildman–Crippen LogP) is 2.37. The largest absolute Gasteiger partial charge is 0.497 e. The molecule has 0 fully saturated rings. The van der Waals surface area contributed by atoms with Crippen LogP contribution in [0.25, 0.3) is 0 Å². The van der Waals surface area contributed by atoms with Gasteiger partial charge in [-0.25, -0.2) is 9.18 Å². The number of nitrogens with one attached hydrogen (secondary N) is 1. The van der Waals surface area contributed by atoms with Crippen molar-refractivity contribution in [2.75, 3.05) is 12.4 Å². The lowest BCUT2D eigenvalue weighted by Gasteiger charge is -2.14. The van der Waals surface area contributed by atoms with E-state index >= 15 is 0 Å². The highest BCUT2D eigenvalue weighted by Crippen LogP contribution is 2.20. The summed E-state index contributed by atoms with van der Waals surface area (Å²) < 4.78 is 25.5. The van der Waals surface area contributed by atoms with Crippen LogP contribution in [0.5, 0.6) is 5.75 Å². The number of hydrogen-bond acceptors (Lipinski definition) is 5. The minimum Gasteiger partial charge on any atom is -0.497 e. The molecule has 1 aromatic heterocycles. The van der Waals surface area contributed by atoms with Gasteiger partial charge in [-0.2, -0.15) is 5.10 Å². The minimum atomic E-state index is -1.10. The number of hydrogen-bond donors (Lipinski definition) is 1. The number of ether oxygens (including phenoxy) is 2. The van der Waals surface area contributed by atoms with E-state index in [2.05, 4.69) is 10.4 Å². The van der Waals surface area contributed by atoms with E-state index in [4.69, 9.17) is 9.47 Å². The van der Waals surface area contributed by atoms with Gasteiger partial charge in [0.1, 0.15) is 11.6 Å². The van der Waals surface area contributed by atoms with Crippen molar-refractivity contribution >= 4 is 17.6 Å². The van der Waals surface area contributed by atoms with Crippen molar-refractivity contribution in [3.8, 4) is 5.75 Å². The zero-order valence-corrected chi connectivity index (χ0v) is 14.7. The molecule has 2 aromatic rings. The van der Waals surface area contributed by atoms with Crippen molar-refractivity contribution < 1.29 is 23.5 Å². The first-order chi connectivity index (χ1) is 11.7. The standard InChI is InChI=1S/C17H20FN3O4/c1-9-15(10(2)21(4)20-9)19-16(22)11(3)25-17(23)13-7-6-12(24-5)8-14(13)18/h6-8,11H,1-5H3,(H,19,22)/t11-/m1/s1. The van der Waals surface area contributed by atoms with Crippen LogP contribution in [0.2, 0.25) is 0 Å². The predicted molar refractivity (Wildman–Crippen MR) is 89.1 cm³/mol. The molecule has 25 heavy (non-hydrogen) atoms. The Hall–Kier alpha value is -2.90. The van der Waals surface area contributed by atoms with E-state index in [-0.39, 0.29) is 11.3 Å². The first kappa shape index (κ1) is 18.4. The number of benzene rings is 1. The average Bonchev–Trinajstić information content (AvgIpc) is 2.80. The quantitative estimate of drug-likeness (QED) is 0.838. The Balaban J connectivity index is 2.07. The lowest BCUT2D eigenvalue weighted by Crippen LogP contribution is -2.30. The molecular weight excluding hydrogens is 329 g/mol. The number of carbonyl (C=O) groups excluding carboxylic acids is 2. The first-order valence-corrected chi connectivity index (χ1v) is 7.60. The van der Waals surface area contributed by atoms with Gasteiger partial charge in [-0.3, -0.25) is 9.48 Å². The fourth-order valence-corrected chi connectivity index (χ4v) is 2.25. The summed E-state index contributed by atoms with van der Waals surface area (Å²) in [6, 6.07) is 3.76.